The van der Waals surface area contributed by atoms with E-state index < -0.39 is 6.04 Å². The molecule has 0 spiro atoms. The molecule has 0 aliphatic rings. The molecular weight excluding hydrogens is 452 g/mol. The molecule has 180 valence electrons. The SMILES string of the molecule is C[C@H](CN[C@@H](C(=O)Nc1ccc(-c2cc(=O)n(C)cn2)cn1)c1ccccc1)c1ccc(C#N)cc1. The number of carbonyl (C=O) groups is 1. The number of rotatable bonds is 8. The summed E-state index contributed by atoms with van der Waals surface area (Å²) in [6.07, 6.45) is 3.04. The summed E-state index contributed by atoms with van der Waals surface area (Å²) in [4.78, 5) is 33.8. The average Bonchev–Trinajstić information content (AvgIpc) is 2.91. The quantitative estimate of drug-likeness (QED) is 0.398. The van der Waals surface area contributed by atoms with Gasteiger partial charge in [0.05, 0.1) is 23.7 Å². The number of aryl methyl sites for hydroxylation is 1. The van der Waals surface area contributed by atoms with Gasteiger partial charge in [-0.3, -0.25) is 9.59 Å². The van der Waals surface area contributed by atoms with Crippen LogP contribution < -0.4 is 16.2 Å². The third-order valence-electron chi connectivity index (χ3n) is 5.92. The molecule has 0 fully saturated rings. The highest BCUT2D eigenvalue weighted by molar-refractivity contribution is 5.94. The molecule has 0 saturated carbocycles. The Bertz CT molecular complexity index is 1420. The Hall–Kier alpha value is -4.61. The Morgan fingerprint density at radius 1 is 1.03 bits per heavy atom. The zero-order valence-corrected chi connectivity index (χ0v) is 20.1. The summed E-state index contributed by atoms with van der Waals surface area (Å²) in [5.74, 6) is 0.288. The first kappa shape index (κ1) is 24.5. The van der Waals surface area contributed by atoms with E-state index >= 15 is 0 Å². The van der Waals surface area contributed by atoms with E-state index in [2.05, 4.69) is 33.6 Å². The molecular formula is C28H26N6O2. The van der Waals surface area contributed by atoms with Gasteiger partial charge in [-0.05, 0) is 41.3 Å². The predicted octanol–water partition coefficient (Wildman–Crippen LogP) is 3.79. The van der Waals surface area contributed by atoms with Crippen molar-refractivity contribution in [3.05, 3.63) is 112 Å². The Balaban J connectivity index is 1.47. The first-order chi connectivity index (χ1) is 17.4. The molecule has 8 heteroatoms. The number of carbonyl (C=O) groups excluding carboxylic acids is 1. The largest absolute Gasteiger partial charge is 0.309 e. The number of anilines is 1. The van der Waals surface area contributed by atoms with E-state index in [1.165, 1.54) is 17.0 Å². The van der Waals surface area contributed by atoms with Gasteiger partial charge in [0.25, 0.3) is 5.56 Å². The lowest BCUT2D eigenvalue weighted by Crippen LogP contribution is -2.35. The van der Waals surface area contributed by atoms with Gasteiger partial charge in [-0.15, -0.1) is 0 Å². The second-order valence-electron chi connectivity index (χ2n) is 8.53. The lowest BCUT2D eigenvalue weighted by atomic mass is 9.98. The molecule has 0 unspecified atom stereocenters. The van der Waals surface area contributed by atoms with Crippen molar-refractivity contribution in [2.24, 2.45) is 7.05 Å². The van der Waals surface area contributed by atoms with Crippen LogP contribution in [0.3, 0.4) is 0 Å². The van der Waals surface area contributed by atoms with Gasteiger partial charge < -0.3 is 15.2 Å². The van der Waals surface area contributed by atoms with E-state index in [-0.39, 0.29) is 17.4 Å². The van der Waals surface area contributed by atoms with E-state index in [1.807, 2.05) is 42.5 Å². The van der Waals surface area contributed by atoms with Crippen LogP contribution in [0.1, 0.15) is 35.6 Å². The minimum absolute atomic E-state index is 0.125. The fourth-order valence-electron chi connectivity index (χ4n) is 3.74. The molecule has 2 heterocycles. The van der Waals surface area contributed by atoms with Crippen molar-refractivity contribution in [2.75, 3.05) is 11.9 Å². The van der Waals surface area contributed by atoms with Crippen molar-refractivity contribution in [1.29, 1.82) is 5.26 Å². The second kappa shape index (κ2) is 11.2. The Kier molecular flexibility index (Phi) is 7.63. The van der Waals surface area contributed by atoms with Gasteiger partial charge >= 0.3 is 0 Å². The fourth-order valence-corrected chi connectivity index (χ4v) is 3.74. The number of aromatic nitrogens is 3. The smallest absolute Gasteiger partial charge is 0.253 e. The second-order valence-corrected chi connectivity index (χ2v) is 8.53. The molecule has 1 amide bonds. The first-order valence-corrected chi connectivity index (χ1v) is 11.5. The van der Waals surface area contributed by atoms with Gasteiger partial charge in [-0.2, -0.15) is 5.26 Å². The molecule has 0 saturated heterocycles. The van der Waals surface area contributed by atoms with Crippen LogP contribution in [-0.2, 0) is 11.8 Å². The standard InChI is InChI=1S/C28H26N6O2/c1-19(21-10-8-20(15-29)9-11-21)16-31-27(22-6-4-3-5-7-22)28(36)33-25-13-12-23(17-30-25)24-14-26(35)34(2)18-32-24/h3-14,17-19,27,31H,16H2,1-2H3,(H,30,33,36)/t19-,27-/m1/s1. The van der Waals surface area contributed by atoms with E-state index in [9.17, 15) is 9.59 Å². The summed E-state index contributed by atoms with van der Waals surface area (Å²) in [6.45, 7) is 2.62. The van der Waals surface area contributed by atoms with Crippen molar-refractivity contribution in [2.45, 2.75) is 18.9 Å². The zero-order chi connectivity index (χ0) is 25.5. The fraction of sp³-hybridized carbons (Fsp3) is 0.179. The highest BCUT2D eigenvalue weighted by atomic mass is 16.2. The van der Waals surface area contributed by atoms with Crippen LogP contribution in [0.2, 0.25) is 0 Å². The lowest BCUT2D eigenvalue weighted by Gasteiger charge is -2.21. The molecule has 2 N–H and O–H groups in total. The number of nitrogens with one attached hydrogen (secondary N) is 2. The minimum atomic E-state index is -0.590. The number of pyridine rings is 1. The van der Waals surface area contributed by atoms with Crippen molar-refractivity contribution in [3.63, 3.8) is 0 Å². The summed E-state index contributed by atoms with van der Waals surface area (Å²) in [5, 5.41) is 15.3. The summed E-state index contributed by atoms with van der Waals surface area (Å²) in [6, 6.07) is 23.4. The van der Waals surface area contributed by atoms with Gasteiger partial charge in [-0.25, -0.2) is 9.97 Å². The van der Waals surface area contributed by atoms with Crippen LogP contribution in [0.25, 0.3) is 11.3 Å². The van der Waals surface area contributed by atoms with Crippen LogP contribution in [0.4, 0.5) is 5.82 Å². The highest BCUT2D eigenvalue weighted by Gasteiger charge is 2.22. The van der Waals surface area contributed by atoms with E-state index in [0.717, 1.165) is 11.1 Å². The molecule has 2 aromatic carbocycles. The Morgan fingerprint density at radius 2 is 1.78 bits per heavy atom. The van der Waals surface area contributed by atoms with Gasteiger partial charge in [0, 0.05) is 31.4 Å². The molecule has 0 aliphatic heterocycles. The topological polar surface area (TPSA) is 113 Å². The highest BCUT2D eigenvalue weighted by Crippen LogP contribution is 2.21. The summed E-state index contributed by atoms with van der Waals surface area (Å²) < 4.78 is 1.39. The van der Waals surface area contributed by atoms with Gasteiger partial charge in [-0.1, -0.05) is 49.4 Å². The van der Waals surface area contributed by atoms with Crippen molar-refractivity contribution in [3.8, 4) is 17.3 Å². The number of nitriles is 1. The lowest BCUT2D eigenvalue weighted by molar-refractivity contribution is -0.118. The number of nitrogens with zero attached hydrogens (tertiary/aromatic N) is 4. The maximum atomic E-state index is 13.3. The molecule has 0 radical (unpaired) electrons. The third-order valence-corrected chi connectivity index (χ3v) is 5.92. The van der Waals surface area contributed by atoms with Crippen LogP contribution in [0.5, 0.6) is 0 Å². The summed E-state index contributed by atoms with van der Waals surface area (Å²) in [7, 11) is 1.64. The van der Waals surface area contributed by atoms with Gasteiger partial charge in [0.1, 0.15) is 11.9 Å². The molecule has 2 atom stereocenters. The van der Waals surface area contributed by atoms with Crippen molar-refractivity contribution >= 4 is 11.7 Å². The number of hydrogen-bond donors (Lipinski definition) is 2. The Morgan fingerprint density at radius 3 is 2.42 bits per heavy atom. The zero-order valence-electron chi connectivity index (χ0n) is 20.1. The molecule has 0 bridgehead atoms. The predicted molar refractivity (Wildman–Crippen MR) is 138 cm³/mol. The van der Waals surface area contributed by atoms with Gasteiger partial charge in [0.2, 0.25) is 5.91 Å². The van der Waals surface area contributed by atoms with E-state index in [0.29, 0.717) is 29.2 Å². The molecule has 8 nitrogen and oxygen atoms in total. The molecule has 36 heavy (non-hydrogen) atoms. The van der Waals surface area contributed by atoms with Crippen molar-refractivity contribution < 1.29 is 4.79 Å². The number of hydrogen-bond acceptors (Lipinski definition) is 6. The molecule has 2 aromatic heterocycles. The maximum absolute atomic E-state index is 13.3. The monoisotopic (exact) mass is 478 g/mol. The van der Waals surface area contributed by atoms with Crippen molar-refractivity contribution in [1.82, 2.24) is 19.9 Å². The molecule has 0 aliphatic carbocycles. The molecule has 4 aromatic rings. The van der Waals surface area contributed by atoms with E-state index in [4.69, 9.17) is 5.26 Å². The normalized spacial score (nSPS) is 12.4. The third kappa shape index (κ3) is 5.90. The van der Waals surface area contributed by atoms with E-state index in [1.54, 1.807) is 37.5 Å². The summed E-state index contributed by atoms with van der Waals surface area (Å²) in [5.41, 5.74) is 3.57. The minimum Gasteiger partial charge on any atom is -0.309 e. The number of amides is 1. The van der Waals surface area contributed by atoms with Gasteiger partial charge in [0.15, 0.2) is 0 Å². The van der Waals surface area contributed by atoms with Crippen LogP contribution in [-0.4, -0.2) is 27.0 Å². The molecule has 4 rings (SSSR count). The van der Waals surface area contributed by atoms with Crippen LogP contribution in [0, 0.1) is 11.3 Å². The van der Waals surface area contributed by atoms with Crippen LogP contribution in [0.15, 0.2) is 90.1 Å². The number of benzene rings is 2. The van der Waals surface area contributed by atoms with Crippen LogP contribution >= 0.6 is 0 Å². The summed E-state index contributed by atoms with van der Waals surface area (Å²) >= 11 is 0. The Labute approximate surface area is 209 Å². The maximum Gasteiger partial charge on any atom is 0.253 e. The average molecular weight is 479 g/mol. The first-order valence-electron chi connectivity index (χ1n) is 11.5.